The van der Waals surface area contributed by atoms with E-state index in [9.17, 15) is 14.4 Å². The largest absolute Gasteiger partial charge is 0.393 e. The number of hydrogen-bond acceptors (Lipinski definition) is 4. The van der Waals surface area contributed by atoms with Crippen molar-refractivity contribution in [2.75, 3.05) is 0 Å². The average molecular weight is 241 g/mol. The first kappa shape index (κ1) is 13.2. The molecule has 0 radical (unpaired) electrons. The van der Waals surface area contributed by atoms with Gasteiger partial charge in [-0.1, -0.05) is 0 Å². The highest BCUT2D eigenvalue weighted by atomic mass is 16.3. The van der Waals surface area contributed by atoms with Crippen molar-refractivity contribution in [1.29, 1.82) is 0 Å². The summed E-state index contributed by atoms with van der Waals surface area (Å²) >= 11 is 0. The van der Waals surface area contributed by atoms with Crippen molar-refractivity contribution in [3.8, 4) is 0 Å². The van der Waals surface area contributed by atoms with Gasteiger partial charge in [0.25, 0.3) is 11.5 Å². The number of H-pyrrole nitrogens is 2. The third-order valence-electron chi connectivity index (χ3n) is 2.08. The van der Waals surface area contributed by atoms with Crippen LogP contribution >= 0.6 is 0 Å². The molecule has 1 heterocycles. The standard InChI is InChI=1S/C10H15N3O4/c1-5(3-6(2)14)11-9(16)7-4-8(15)13-10(17)12-7/h4-6,14H,3H2,1-2H3,(H,11,16)(H2,12,13,15,17). The Balaban J connectivity index is 2.76. The minimum atomic E-state index is -0.731. The molecule has 0 spiro atoms. The van der Waals surface area contributed by atoms with Crippen LogP contribution in [0.5, 0.6) is 0 Å². The highest BCUT2D eigenvalue weighted by Crippen LogP contribution is 1.97. The second-order valence-electron chi connectivity index (χ2n) is 3.96. The predicted octanol–water partition coefficient (Wildman–Crippen LogP) is -1.05. The van der Waals surface area contributed by atoms with Gasteiger partial charge in [-0.15, -0.1) is 0 Å². The van der Waals surface area contributed by atoms with E-state index in [2.05, 4.69) is 10.3 Å². The summed E-state index contributed by atoms with van der Waals surface area (Å²) in [5.74, 6) is -0.554. The van der Waals surface area contributed by atoms with Crippen molar-refractivity contribution in [3.63, 3.8) is 0 Å². The van der Waals surface area contributed by atoms with E-state index < -0.39 is 23.3 Å². The summed E-state index contributed by atoms with van der Waals surface area (Å²) in [6.07, 6.45) is -0.150. The third kappa shape index (κ3) is 4.23. The van der Waals surface area contributed by atoms with Gasteiger partial charge >= 0.3 is 5.69 Å². The lowest BCUT2D eigenvalue weighted by molar-refractivity contribution is 0.0917. The summed E-state index contributed by atoms with van der Waals surface area (Å²) in [6.45, 7) is 3.33. The Bertz CT molecular complexity index is 475. The lowest BCUT2D eigenvalue weighted by Gasteiger charge is -2.14. The summed E-state index contributed by atoms with van der Waals surface area (Å²) in [4.78, 5) is 37.7. The smallest absolute Gasteiger partial charge is 0.326 e. The molecule has 94 valence electrons. The van der Waals surface area contributed by atoms with Crippen LogP contribution in [0.3, 0.4) is 0 Å². The highest BCUT2D eigenvalue weighted by molar-refractivity contribution is 5.92. The average Bonchev–Trinajstić information content (AvgIpc) is 2.14. The maximum atomic E-state index is 11.6. The number of aliphatic hydroxyl groups excluding tert-OH is 1. The van der Waals surface area contributed by atoms with E-state index in [1.54, 1.807) is 13.8 Å². The number of nitrogens with one attached hydrogen (secondary N) is 3. The summed E-state index contributed by atoms with van der Waals surface area (Å²) < 4.78 is 0. The van der Waals surface area contributed by atoms with E-state index in [0.29, 0.717) is 6.42 Å². The molecule has 0 saturated carbocycles. The van der Waals surface area contributed by atoms with Crippen LogP contribution in [0.4, 0.5) is 0 Å². The zero-order chi connectivity index (χ0) is 13.0. The van der Waals surface area contributed by atoms with Crippen LogP contribution in [0.15, 0.2) is 15.7 Å². The third-order valence-corrected chi connectivity index (χ3v) is 2.08. The summed E-state index contributed by atoms with van der Waals surface area (Å²) in [5, 5.41) is 11.7. The Morgan fingerprint density at radius 1 is 1.41 bits per heavy atom. The molecule has 2 unspecified atom stereocenters. The molecule has 17 heavy (non-hydrogen) atoms. The van der Waals surface area contributed by atoms with Crippen molar-refractivity contribution in [1.82, 2.24) is 15.3 Å². The fraction of sp³-hybridized carbons (Fsp3) is 0.500. The molecule has 0 aliphatic carbocycles. The zero-order valence-electron chi connectivity index (χ0n) is 9.61. The monoisotopic (exact) mass is 241 g/mol. The molecule has 1 amide bonds. The second-order valence-corrected chi connectivity index (χ2v) is 3.96. The molecule has 0 aromatic carbocycles. The quantitative estimate of drug-likeness (QED) is 0.538. The highest BCUT2D eigenvalue weighted by Gasteiger charge is 2.12. The molecular formula is C10H15N3O4. The van der Waals surface area contributed by atoms with Gasteiger partial charge in [0.2, 0.25) is 0 Å². The number of amides is 1. The molecule has 0 bridgehead atoms. The van der Waals surface area contributed by atoms with E-state index in [1.807, 2.05) is 4.98 Å². The molecule has 0 aliphatic heterocycles. The SMILES string of the molecule is CC(O)CC(C)NC(=O)c1cc(=O)[nH]c(=O)[nH]1. The van der Waals surface area contributed by atoms with E-state index in [4.69, 9.17) is 5.11 Å². The minimum absolute atomic E-state index is 0.101. The number of hydrogen-bond donors (Lipinski definition) is 4. The number of rotatable bonds is 4. The number of aromatic nitrogens is 2. The summed E-state index contributed by atoms with van der Waals surface area (Å²) in [7, 11) is 0. The van der Waals surface area contributed by atoms with Crippen LogP contribution in [0, 0.1) is 0 Å². The molecule has 0 aliphatic rings. The van der Waals surface area contributed by atoms with Gasteiger partial charge in [0, 0.05) is 12.1 Å². The molecule has 2 atom stereocenters. The Kier molecular flexibility index (Phi) is 4.22. The van der Waals surface area contributed by atoms with E-state index in [-0.39, 0.29) is 11.7 Å². The van der Waals surface area contributed by atoms with Crippen LogP contribution < -0.4 is 16.6 Å². The van der Waals surface area contributed by atoms with Crippen molar-refractivity contribution in [2.45, 2.75) is 32.4 Å². The topological polar surface area (TPSA) is 115 Å². The van der Waals surface area contributed by atoms with Crippen LogP contribution in [0.25, 0.3) is 0 Å². The second kappa shape index (κ2) is 5.44. The van der Waals surface area contributed by atoms with Gasteiger partial charge < -0.3 is 15.4 Å². The molecule has 0 fully saturated rings. The van der Waals surface area contributed by atoms with Crippen molar-refractivity contribution in [2.24, 2.45) is 0 Å². The summed E-state index contributed by atoms with van der Waals surface area (Å²) in [5.41, 5.74) is -1.47. The molecule has 1 aromatic heterocycles. The van der Waals surface area contributed by atoms with Crippen molar-refractivity contribution < 1.29 is 9.90 Å². The molecule has 7 nitrogen and oxygen atoms in total. The fourth-order valence-electron chi connectivity index (χ4n) is 1.46. The van der Waals surface area contributed by atoms with E-state index in [0.717, 1.165) is 6.07 Å². The number of carbonyl (C=O) groups is 1. The van der Waals surface area contributed by atoms with Gasteiger partial charge in [-0.2, -0.15) is 0 Å². The first-order valence-electron chi connectivity index (χ1n) is 5.21. The molecule has 1 aromatic rings. The number of aromatic amines is 2. The fourth-order valence-corrected chi connectivity index (χ4v) is 1.46. The van der Waals surface area contributed by atoms with Gasteiger partial charge in [-0.05, 0) is 20.3 Å². The van der Waals surface area contributed by atoms with Gasteiger partial charge in [0.15, 0.2) is 0 Å². The van der Waals surface area contributed by atoms with Crippen LogP contribution in [-0.4, -0.2) is 33.1 Å². The Morgan fingerprint density at radius 2 is 2.06 bits per heavy atom. The zero-order valence-corrected chi connectivity index (χ0v) is 9.61. The molecule has 0 saturated heterocycles. The minimum Gasteiger partial charge on any atom is -0.393 e. The molecule has 7 heteroatoms. The lowest BCUT2D eigenvalue weighted by Crippen LogP contribution is -2.37. The number of aliphatic hydroxyl groups is 1. The summed E-state index contributed by atoms with van der Waals surface area (Å²) in [6, 6.07) is 0.747. The molecule has 4 N–H and O–H groups in total. The normalized spacial score (nSPS) is 14.1. The molecular weight excluding hydrogens is 226 g/mol. The van der Waals surface area contributed by atoms with E-state index >= 15 is 0 Å². The maximum Gasteiger partial charge on any atom is 0.326 e. The Hall–Kier alpha value is -1.89. The van der Waals surface area contributed by atoms with Crippen LogP contribution in [0.2, 0.25) is 0 Å². The van der Waals surface area contributed by atoms with Gasteiger partial charge in [-0.25, -0.2) is 4.79 Å². The van der Waals surface area contributed by atoms with Crippen molar-refractivity contribution in [3.05, 3.63) is 32.6 Å². The van der Waals surface area contributed by atoms with Crippen LogP contribution in [-0.2, 0) is 0 Å². The Morgan fingerprint density at radius 3 is 2.59 bits per heavy atom. The van der Waals surface area contributed by atoms with Gasteiger partial charge in [0.1, 0.15) is 5.69 Å². The van der Waals surface area contributed by atoms with E-state index in [1.165, 1.54) is 0 Å². The predicted molar refractivity (Wildman–Crippen MR) is 60.9 cm³/mol. The van der Waals surface area contributed by atoms with Gasteiger partial charge in [0.05, 0.1) is 6.10 Å². The number of carbonyl (C=O) groups excluding carboxylic acids is 1. The first-order valence-corrected chi connectivity index (χ1v) is 5.21. The first-order chi connectivity index (χ1) is 7.88. The Labute approximate surface area is 96.9 Å². The lowest BCUT2D eigenvalue weighted by atomic mass is 10.1. The van der Waals surface area contributed by atoms with Gasteiger partial charge in [-0.3, -0.25) is 14.6 Å². The molecule has 1 rings (SSSR count). The maximum absolute atomic E-state index is 11.6. The van der Waals surface area contributed by atoms with Crippen molar-refractivity contribution >= 4 is 5.91 Å². The van der Waals surface area contributed by atoms with Crippen LogP contribution in [0.1, 0.15) is 30.8 Å².